The Balaban J connectivity index is 2.21. The number of methoxy groups -OCH3 is 1. The van der Waals surface area contributed by atoms with Gasteiger partial charge in [-0.1, -0.05) is 45.9 Å². The molecule has 0 aliphatic heterocycles. The van der Waals surface area contributed by atoms with E-state index in [1.54, 1.807) is 24.3 Å². The molecule has 0 heterocycles. The normalized spacial score (nSPS) is 14.6. The summed E-state index contributed by atoms with van der Waals surface area (Å²) in [7, 11) is -2.50. The highest BCUT2D eigenvalue weighted by Gasteiger charge is 2.95. The second-order valence-electron chi connectivity index (χ2n) is 14.0. The summed E-state index contributed by atoms with van der Waals surface area (Å²) in [5.41, 5.74) is -0.842. The summed E-state index contributed by atoms with van der Waals surface area (Å²) in [6.07, 6.45) is -10.3. The molecular formula is C36H40F17NO5Si. The predicted octanol–water partition coefficient (Wildman–Crippen LogP) is 13.1. The van der Waals surface area contributed by atoms with Crippen LogP contribution in [0.3, 0.4) is 0 Å². The molecule has 0 saturated heterocycles. The van der Waals surface area contributed by atoms with Crippen LogP contribution in [0, 0.1) is 0 Å². The second-order valence-corrected chi connectivity index (χ2v) is 19.0. The first-order valence-electron chi connectivity index (χ1n) is 17.5. The number of nitrogens with one attached hydrogen (secondary N) is 1. The summed E-state index contributed by atoms with van der Waals surface area (Å²) in [5, 5.41) is 2.55. The highest BCUT2D eigenvalue weighted by molar-refractivity contribution is 6.76. The summed E-state index contributed by atoms with van der Waals surface area (Å²) in [6, 6.07) is 10.9. The molecule has 0 bridgehead atoms. The minimum atomic E-state index is -8.68. The lowest BCUT2D eigenvalue weighted by Crippen LogP contribution is -2.74. The number of carbonyl (C=O) groups excluding carboxylic acids is 1. The monoisotopic (exact) mass is 917 g/mol. The quantitative estimate of drug-likeness (QED) is 0.0552. The lowest BCUT2D eigenvalue weighted by atomic mass is 9.88. The molecule has 1 N–H and O–H groups in total. The number of ether oxygens (including phenoxy) is 3. The number of amides is 1. The molecule has 60 heavy (non-hydrogen) atoms. The van der Waals surface area contributed by atoms with Crippen molar-refractivity contribution in [2.45, 2.75) is 111 Å². The SMILES string of the molecule is C=CC[C@@H](OC(=O)Nc1ccc(OC)cc1)c1ccc(OCCO[Si](CCC(F)(F)C(F)(F)C(F)(F)C(F)(F)C(F)(F)C(F)(F)C(F)(F)C(F)(F)F)(C(C)C)C(C)C)cc1. The number of carbonyl (C=O) groups is 1. The molecule has 2 rings (SSSR count). The van der Waals surface area contributed by atoms with Crippen LogP contribution in [0.2, 0.25) is 17.1 Å². The Kier molecular flexibility index (Phi) is 16.1. The average molecular weight is 918 g/mol. The third-order valence-electron chi connectivity index (χ3n) is 9.51. The number of benzene rings is 2. The maximum absolute atomic E-state index is 14.9. The molecular weight excluding hydrogens is 877 g/mol. The molecule has 1 amide bonds. The standard InChI is InChI=1S/C36H40F17NO5Si/c1-7-8-27(59-28(55)54-24-11-15-25(56-6)16-12-24)23-9-13-26(14-10-23)57-18-19-58-60(21(2)3,22(4)5)20-17-29(37,38)30(39,40)31(41,42)32(43,44)33(45,46)34(47,48)35(49,50)36(51,52)53/h7,9-16,21-22,27H,1,8,17-20H2,2-6H3,(H,54,55)/t27-/m1/s1. The van der Waals surface area contributed by atoms with Crippen LogP contribution >= 0.6 is 0 Å². The fourth-order valence-electron chi connectivity index (χ4n) is 5.88. The van der Waals surface area contributed by atoms with Gasteiger partial charge in [0, 0.05) is 18.5 Å². The second kappa shape index (κ2) is 18.6. The smallest absolute Gasteiger partial charge is 0.460 e. The van der Waals surface area contributed by atoms with E-state index in [0.29, 0.717) is 17.0 Å². The molecule has 24 heteroatoms. The molecule has 0 aromatic heterocycles. The lowest BCUT2D eigenvalue weighted by Gasteiger charge is -2.44. The van der Waals surface area contributed by atoms with Crippen LogP contribution in [-0.4, -0.2) is 82.4 Å². The molecule has 0 aliphatic carbocycles. The molecule has 0 spiro atoms. The van der Waals surface area contributed by atoms with Crippen LogP contribution in [0.15, 0.2) is 61.2 Å². The van der Waals surface area contributed by atoms with E-state index in [0.717, 1.165) is 0 Å². The van der Waals surface area contributed by atoms with Gasteiger partial charge in [0.1, 0.15) is 24.2 Å². The highest BCUT2D eigenvalue weighted by Crippen LogP contribution is 2.64. The number of anilines is 1. The third-order valence-corrected chi connectivity index (χ3v) is 15.2. The maximum Gasteiger partial charge on any atom is 0.460 e. The molecule has 0 saturated carbocycles. The van der Waals surface area contributed by atoms with Crippen molar-refractivity contribution in [2.75, 3.05) is 25.6 Å². The van der Waals surface area contributed by atoms with Crippen molar-refractivity contribution in [2.24, 2.45) is 0 Å². The Labute approximate surface area is 333 Å². The first-order chi connectivity index (χ1) is 27.1. The van der Waals surface area contributed by atoms with Gasteiger partial charge < -0.3 is 18.6 Å². The summed E-state index contributed by atoms with van der Waals surface area (Å²) < 4.78 is 257. The molecule has 2 aromatic rings. The van der Waals surface area contributed by atoms with Gasteiger partial charge in [-0.3, -0.25) is 5.32 Å². The van der Waals surface area contributed by atoms with Crippen molar-refractivity contribution in [1.29, 1.82) is 0 Å². The van der Waals surface area contributed by atoms with Crippen LogP contribution in [0.4, 0.5) is 85.1 Å². The van der Waals surface area contributed by atoms with E-state index in [1.165, 1.54) is 65.1 Å². The topological polar surface area (TPSA) is 66.0 Å². The minimum Gasteiger partial charge on any atom is -0.497 e. The zero-order chi connectivity index (χ0) is 46.6. The van der Waals surface area contributed by atoms with E-state index in [9.17, 15) is 79.4 Å². The van der Waals surface area contributed by atoms with Crippen LogP contribution in [-0.2, 0) is 9.16 Å². The van der Waals surface area contributed by atoms with Gasteiger partial charge >= 0.3 is 53.7 Å². The molecule has 6 nitrogen and oxygen atoms in total. The molecule has 0 fully saturated rings. The first-order valence-corrected chi connectivity index (χ1v) is 19.7. The number of halogens is 17. The van der Waals surface area contributed by atoms with Crippen LogP contribution in [0.5, 0.6) is 11.5 Å². The largest absolute Gasteiger partial charge is 0.497 e. The predicted molar refractivity (Wildman–Crippen MR) is 185 cm³/mol. The number of hydrogen-bond donors (Lipinski definition) is 1. The van der Waals surface area contributed by atoms with Crippen LogP contribution in [0.1, 0.15) is 52.2 Å². The Hall–Kier alpha value is -3.96. The molecule has 1 atom stereocenters. The summed E-state index contributed by atoms with van der Waals surface area (Å²) in [5.74, 6) is -56.0. The van der Waals surface area contributed by atoms with Crippen molar-refractivity contribution < 1.29 is 98.1 Å². The van der Waals surface area contributed by atoms with Crippen molar-refractivity contribution in [1.82, 2.24) is 0 Å². The van der Waals surface area contributed by atoms with Crippen LogP contribution in [0.25, 0.3) is 0 Å². The zero-order valence-electron chi connectivity index (χ0n) is 32.1. The molecule has 342 valence electrons. The highest BCUT2D eigenvalue weighted by atomic mass is 28.4. The van der Waals surface area contributed by atoms with Gasteiger partial charge in [-0.15, -0.1) is 6.58 Å². The molecule has 0 aliphatic rings. The van der Waals surface area contributed by atoms with Crippen molar-refractivity contribution in [3.05, 3.63) is 66.7 Å². The Morgan fingerprint density at radius 3 is 1.55 bits per heavy atom. The van der Waals surface area contributed by atoms with E-state index in [-0.39, 0.29) is 18.8 Å². The van der Waals surface area contributed by atoms with Crippen LogP contribution < -0.4 is 14.8 Å². The van der Waals surface area contributed by atoms with Gasteiger partial charge in [-0.25, -0.2) is 4.79 Å². The number of rotatable bonds is 22. The molecule has 2 aromatic carbocycles. The first kappa shape index (κ1) is 52.2. The molecule has 0 radical (unpaired) electrons. The maximum atomic E-state index is 14.9. The van der Waals surface area contributed by atoms with Gasteiger partial charge in [0.25, 0.3) is 0 Å². The van der Waals surface area contributed by atoms with Gasteiger partial charge in [0.2, 0.25) is 0 Å². The third kappa shape index (κ3) is 10.0. The fraction of sp³-hybridized carbons (Fsp3) is 0.583. The van der Waals surface area contributed by atoms with E-state index in [1.807, 2.05) is 0 Å². The molecule has 0 unspecified atom stereocenters. The summed E-state index contributed by atoms with van der Waals surface area (Å²) in [6.45, 7) is 8.06. The summed E-state index contributed by atoms with van der Waals surface area (Å²) in [4.78, 5) is 12.5. The summed E-state index contributed by atoms with van der Waals surface area (Å²) >= 11 is 0. The van der Waals surface area contributed by atoms with Gasteiger partial charge in [-0.05, 0) is 59.1 Å². The zero-order valence-corrected chi connectivity index (χ0v) is 33.1. The lowest BCUT2D eigenvalue weighted by molar-refractivity contribution is -0.461. The number of alkyl halides is 17. The van der Waals surface area contributed by atoms with E-state index < -0.39 is 98.3 Å². The van der Waals surface area contributed by atoms with Crippen molar-refractivity contribution in [3.63, 3.8) is 0 Å². The Morgan fingerprint density at radius 1 is 0.667 bits per heavy atom. The van der Waals surface area contributed by atoms with Gasteiger partial charge in [0.05, 0.1) is 13.7 Å². The fourth-order valence-corrected chi connectivity index (χ4v) is 10.3. The van der Waals surface area contributed by atoms with E-state index in [2.05, 4.69) is 11.9 Å². The minimum absolute atomic E-state index is 0.161. The Bertz CT molecular complexity index is 1710. The number of hydrogen-bond acceptors (Lipinski definition) is 5. The Morgan fingerprint density at radius 2 is 1.12 bits per heavy atom. The van der Waals surface area contributed by atoms with Crippen molar-refractivity contribution in [3.8, 4) is 11.5 Å². The van der Waals surface area contributed by atoms with E-state index >= 15 is 0 Å². The average Bonchev–Trinajstić information content (AvgIpc) is 3.13. The van der Waals surface area contributed by atoms with Crippen molar-refractivity contribution >= 4 is 20.1 Å². The van der Waals surface area contributed by atoms with Gasteiger partial charge in [-0.2, -0.15) is 74.6 Å². The van der Waals surface area contributed by atoms with Gasteiger partial charge in [0.15, 0.2) is 8.32 Å². The van der Waals surface area contributed by atoms with E-state index in [4.69, 9.17) is 18.6 Å².